The Labute approximate surface area is 137 Å². The number of nitrogens with zero attached hydrogens (tertiary/aromatic N) is 4. The van der Waals surface area contributed by atoms with E-state index >= 15 is 0 Å². The average Bonchev–Trinajstić information content (AvgIpc) is 3.19. The second-order valence-electron chi connectivity index (χ2n) is 6.95. The molecule has 2 saturated heterocycles. The largest absolute Gasteiger partial charge is 0.378 e. The Morgan fingerprint density at radius 1 is 1.26 bits per heavy atom. The first kappa shape index (κ1) is 15.1. The molecule has 0 saturated carbocycles. The minimum absolute atomic E-state index is 0.328. The van der Waals surface area contributed by atoms with Crippen LogP contribution in [-0.2, 0) is 17.7 Å². The summed E-state index contributed by atoms with van der Waals surface area (Å²) in [7, 11) is 2.25. The van der Waals surface area contributed by atoms with Crippen molar-refractivity contribution in [3.8, 4) is 0 Å². The number of piperidine rings is 1. The third-order valence-corrected chi connectivity index (χ3v) is 5.33. The lowest BCUT2D eigenvalue weighted by molar-refractivity contribution is 0.108. The minimum atomic E-state index is 0.328. The van der Waals surface area contributed by atoms with Gasteiger partial charge in [-0.25, -0.2) is 9.97 Å². The van der Waals surface area contributed by atoms with Gasteiger partial charge in [-0.1, -0.05) is 6.42 Å². The van der Waals surface area contributed by atoms with Crippen LogP contribution < -0.4 is 0 Å². The summed E-state index contributed by atoms with van der Waals surface area (Å²) in [5.41, 5.74) is 2.04. The van der Waals surface area contributed by atoms with Crippen molar-refractivity contribution < 1.29 is 4.74 Å². The Kier molecular flexibility index (Phi) is 4.31. The average molecular weight is 314 g/mol. The van der Waals surface area contributed by atoms with Gasteiger partial charge >= 0.3 is 0 Å². The van der Waals surface area contributed by atoms with Gasteiger partial charge in [0.15, 0.2) is 5.65 Å². The summed E-state index contributed by atoms with van der Waals surface area (Å²) in [5.74, 6) is 1.14. The van der Waals surface area contributed by atoms with Crippen LogP contribution >= 0.6 is 0 Å². The van der Waals surface area contributed by atoms with Crippen LogP contribution in [0.2, 0.25) is 0 Å². The summed E-state index contributed by atoms with van der Waals surface area (Å²) < 4.78 is 8.19. The predicted molar refractivity (Wildman–Crippen MR) is 90.5 cm³/mol. The molecule has 0 radical (unpaired) electrons. The molecule has 2 fully saturated rings. The molecule has 23 heavy (non-hydrogen) atoms. The van der Waals surface area contributed by atoms with Gasteiger partial charge in [0.2, 0.25) is 0 Å². The van der Waals surface area contributed by atoms with Gasteiger partial charge in [0, 0.05) is 31.8 Å². The van der Waals surface area contributed by atoms with Gasteiger partial charge < -0.3 is 14.2 Å². The lowest BCUT2D eigenvalue weighted by atomic mass is 10.0. The molecule has 0 aromatic carbocycles. The van der Waals surface area contributed by atoms with Crippen LogP contribution in [0.4, 0.5) is 0 Å². The molecule has 0 bridgehead atoms. The Bertz CT molecular complexity index is 662. The maximum absolute atomic E-state index is 5.83. The molecule has 2 aromatic rings. The van der Waals surface area contributed by atoms with Crippen molar-refractivity contribution in [3.05, 3.63) is 24.2 Å². The normalized spacial score (nSPS) is 26.1. The Hall–Kier alpha value is -1.46. The molecular formula is C18H26N4O. The first-order valence-electron chi connectivity index (χ1n) is 8.93. The topological polar surface area (TPSA) is 43.2 Å². The van der Waals surface area contributed by atoms with Gasteiger partial charge in [-0.05, 0) is 51.4 Å². The SMILES string of the molecule is CN1CCCCC1Cn1c(CC2CCCO2)nc2cccnc21. The van der Waals surface area contributed by atoms with Gasteiger partial charge in [0.05, 0.1) is 6.10 Å². The van der Waals surface area contributed by atoms with E-state index < -0.39 is 0 Å². The summed E-state index contributed by atoms with van der Waals surface area (Å²) in [4.78, 5) is 12.0. The van der Waals surface area contributed by atoms with Gasteiger partial charge in [-0.15, -0.1) is 0 Å². The highest BCUT2D eigenvalue weighted by Crippen LogP contribution is 2.23. The van der Waals surface area contributed by atoms with Crippen molar-refractivity contribution in [3.63, 3.8) is 0 Å². The molecule has 0 spiro atoms. The highest BCUT2D eigenvalue weighted by atomic mass is 16.5. The third-order valence-electron chi connectivity index (χ3n) is 5.33. The number of fused-ring (bicyclic) bond motifs is 1. The number of likely N-dealkylation sites (tertiary alicyclic amines) is 1. The van der Waals surface area contributed by atoms with Crippen molar-refractivity contribution >= 4 is 11.2 Å². The summed E-state index contributed by atoms with van der Waals surface area (Å²) in [6.45, 7) is 3.09. The molecule has 5 nitrogen and oxygen atoms in total. The summed E-state index contributed by atoms with van der Waals surface area (Å²) in [6.07, 6.45) is 9.36. The molecule has 0 aliphatic carbocycles. The number of likely N-dealkylation sites (N-methyl/N-ethyl adjacent to an activating group) is 1. The van der Waals surface area contributed by atoms with Crippen LogP contribution in [0, 0.1) is 0 Å². The van der Waals surface area contributed by atoms with Crippen molar-refractivity contribution in [1.82, 2.24) is 19.4 Å². The molecule has 4 rings (SSSR count). The van der Waals surface area contributed by atoms with E-state index in [1.165, 1.54) is 32.2 Å². The first-order chi connectivity index (χ1) is 11.3. The van der Waals surface area contributed by atoms with E-state index in [4.69, 9.17) is 9.72 Å². The Balaban J connectivity index is 1.64. The molecule has 0 amide bonds. The van der Waals surface area contributed by atoms with Crippen LogP contribution in [-0.4, -0.2) is 51.8 Å². The zero-order valence-electron chi connectivity index (χ0n) is 13.9. The maximum atomic E-state index is 5.83. The van der Waals surface area contributed by atoms with Crippen LogP contribution in [0.25, 0.3) is 11.2 Å². The second kappa shape index (κ2) is 6.57. The van der Waals surface area contributed by atoms with E-state index in [9.17, 15) is 0 Å². The van der Waals surface area contributed by atoms with E-state index in [0.717, 1.165) is 43.0 Å². The molecule has 2 aromatic heterocycles. The van der Waals surface area contributed by atoms with E-state index in [0.29, 0.717) is 12.1 Å². The lowest BCUT2D eigenvalue weighted by Gasteiger charge is -2.33. The van der Waals surface area contributed by atoms with Gasteiger partial charge in [0.25, 0.3) is 0 Å². The minimum Gasteiger partial charge on any atom is -0.378 e. The van der Waals surface area contributed by atoms with E-state index in [1.54, 1.807) is 0 Å². The summed E-state index contributed by atoms with van der Waals surface area (Å²) in [5, 5.41) is 0. The number of imidazole rings is 1. The molecule has 2 aliphatic rings. The van der Waals surface area contributed by atoms with Crippen molar-refractivity contribution in [2.45, 2.75) is 57.2 Å². The van der Waals surface area contributed by atoms with E-state index in [1.807, 2.05) is 12.3 Å². The van der Waals surface area contributed by atoms with Gasteiger partial charge in [0.1, 0.15) is 11.3 Å². The smallest absolute Gasteiger partial charge is 0.160 e. The van der Waals surface area contributed by atoms with E-state index in [2.05, 4.69) is 27.6 Å². The van der Waals surface area contributed by atoms with Gasteiger partial charge in [-0.2, -0.15) is 0 Å². The van der Waals surface area contributed by atoms with Crippen LogP contribution in [0.3, 0.4) is 0 Å². The number of pyridine rings is 1. The second-order valence-corrected chi connectivity index (χ2v) is 6.95. The van der Waals surface area contributed by atoms with Crippen LogP contribution in [0.15, 0.2) is 18.3 Å². The monoisotopic (exact) mass is 314 g/mol. The molecule has 2 aliphatic heterocycles. The molecule has 5 heteroatoms. The number of hydrogen-bond donors (Lipinski definition) is 0. The quantitative estimate of drug-likeness (QED) is 0.870. The predicted octanol–water partition coefficient (Wildman–Crippen LogP) is 2.64. The lowest BCUT2D eigenvalue weighted by Crippen LogP contribution is -2.39. The highest BCUT2D eigenvalue weighted by Gasteiger charge is 2.24. The standard InChI is InChI=1S/C18H26N4O/c1-21-10-3-2-6-14(21)13-22-17(12-15-7-5-11-23-15)20-16-8-4-9-19-18(16)22/h4,8-9,14-15H,2-3,5-7,10-13H2,1H3. The van der Waals surface area contributed by atoms with Crippen molar-refractivity contribution in [2.75, 3.05) is 20.2 Å². The van der Waals surface area contributed by atoms with Crippen LogP contribution in [0.1, 0.15) is 37.9 Å². The highest BCUT2D eigenvalue weighted by molar-refractivity contribution is 5.71. The third kappa shape index (κ3) is 3.12. The van der Waals surface area contributed by atoms with Crippen molar-refractivity contribution in [2.24, 2.45) is 0 Å². The number of aromatic nitrogens is 3. The maximum Gasteiger partial charge on any atom is 0.160 e. The summed E-state index contributed by atoms with van der Waals surface area (Å²) in [6, 6.07) is 4.64. The zero-order valence-corrected chi connectivity index (χ0v) is 13.9. The Morgan fingerprint density at radius 3 is 3.04 bits per heavy atom. The van der Waals surface area contributed by atoms with Crippen molar-refractivity contribution in [1.29, 1.82) is 0 Å². The summed E-state index contributed by atoms with van der Waals surface area (Å²) >= 11 is 0. The molecule has 124 valence electrons. The molecule has 2 unspecified atom stereocenters. The first-order valence-corrected chi connectivity index (χ1v) is 8.93. The number of rotatable bonds is 4. The molecular weight excluding hydrogens is 288 g/mol. The fraction of sp³-hybridized carbons (Fsp3) is 0.667. The van der Waals surface area contributed by atoms with Crippen LogP contribution in [0.5, 0.6) is 0 Å². The van der Waals surface area contributed by atoms with E-state index in [-0.39, 0.29) is 0 Å². The fourth-order valence-corrected chi connectivity index (χ4v) is 3.95. The molecule has 2 atom stereocenters. The van der Waals surface area contributed by atoms with Gasteiger partial charge in [-0.3, -0.25) is 0 Å². The number of ether oxygens (including phenoxy) is 1. The molecule has 0 N–H and O–H groups in total. The Morgan fingerprint density at radius 2 is 2.22 bits per heavy atom. The zero-order chi connectivity index (χ0) is 15.6. The molecule has 4 heterocycles. The number of hydrogen-bond acceptors (Lipinski definition) is 4. The fourth-order valence-electron chi connectivity index (χ4n) is 3.95.